The summed E-state index contributed by atoms with van der Waals surface area (Å²) in [4.78, 5) is 42.3. The number of anilines is 1. The zero-order valence-electron chi connectivity index (χ0n) is 31.5. The maximum Gasteiger partial charge on any atom is 0.266 e. The predicted octanol–water partition coefficient (Wildman–Crippen LogP) is 5.96. The standard InChI is InChI=1S/C45H39N5O8/c1-55-34-22-18-32(19-23-34)45(31-16-10-5-11-17-31,33-20-24-35(56-2)25-21-33)57-26-36-38(51)39(52)44(58-36)49-28-48-37-40(49)46-27-47-41(37)50(42(53)29-12-6-3-7-13-29)43(54)30-14-8-4-9-15-30/h3-25,27-28,36,38-39,44,51-52H,26H2,1-2H3/t36-,38-,39-,44-/m1/s1. The second-order valence-electron chi connectivity index (χ2n) is 13.6. The van der Waals surface area contributed by atoms with Crippen LogP contribution in [-0.4, -0.2) is 80.7 Å². The number of aliphatic hydroxyl groups excluding tert-OH is 2. The lowest BCUT2D eigenvalue weighted by Gasteiger charge is -2.37. The molecule has 5 aromatic carbocycles. The first kappa shape index (κ1) is 38.1. The Morgan fingerprint density at radius 1 is 0.672 bits per heavy atom. The predicted molar refractivity (Wildman–Crippen MR) is 214 cm³/mol. The Labute approximate surface area is 333 Å². The molecule has 0 radical (unpaired) electrons. The minimum Gasteiger partial charge on any atom is -0.497 e. The number of fused-ring (bicyclic) bond motifs is 1. The van der Waals surface area contributed by atoms with Crippen LogP contribution in [0.1, 0.15) is 43.6 Å². The monoisotopic (exact) mass is 777 g/mol. The van der Waals surface area contributed by atoms with E-state index in [-0.39, 0.29) is 34.7 Å². The van der Waals surface area contributed by atoms with Gasteiger partial charge < -0.3 is 29.2 Å². The molecule has 2 N–H and O–H groups in total. The van der Waals surface area contributed by atoms with Crippen LogP contribution < -0.4 is 14.4 Å². The van der Waals surface area contributed by atoms with Gasteiger partial charge in [-0.25, -0.2) is 19.9 Å². The number of amides is 2. The van der Waals surface area contributed by atoms with Gasteiger partial charge in [-0.1, -0.05) is 91.0 Å². The number of nitrogens with zero attached hydrogens (tertiary/aromatic N) is 5. The van der Waals surface area contributed by atoms with E-state index < -0.39 is 42.0 Å². The van der Waals surface area contributed by atoms with Crippen molar-refractivity contribution in [2.75, 3.05) is 25.7 Å². The molecule has 8 rings (SSSR count). The van der Waals surface area contributed by atoms with Crippen molar-refractivity contribution in [2.24, 2.45) is 0 Å². The van der Waals surface area contributed by atoms with Gasteiger partial charge >= 0.3 is 0 Å². The molecule has 0 saturated carbocycles. The smallest absolute Gasteiger partial charge is 0.266 e. The number of methoxy groups -OCH3 is 2. The van der Waals surface area contributed by atoms with Crippen molar-refractivity contribution in [3.63, 3.8) is 0 Å². The van der Waals surface area contributed by atoms with E-state index in [4.69, 9.17) is 18.9 Å². The number of hydrogen-bond donors (Lipinski definition) is 2. The summed E-state index contributed by atoms with van der Waals surface area (Å²) in [5.74, 6) is 0.0229. The second-order valence-corrected chi connectivity index (χ2v) is 13.6. The number of imidazole rings is 1. The lowest BCUT2D eigenvalue weighted by atomic mass is 9.80. The van der Waals surface area contributed by atoms with E-state index in [0.29, 0.717) is 11.5 Å². The van der Waals surface area contributed by atoms with E-state index >= 15 is 0 Å². The highest BCUT2D eigenvalue weighted by molar-refractivity contribution is 6.27. The van der Waals surface area contributed by atoms with Crippen LogP contribution in [0.5, 0.6) is 11.5 Å². The number of aliphatic hydroxyl groups is 2. The molecule has 0 spiro atoms. The number of rotatable bonds is 12. The van der Waals surface area contributed by atoms with E-state index in [9.17, 15) is 19.8 Å². The first-order valence-corrected chi connectivity index (χ1v) is 18.5. The van der Waals surface area contributed by atoms with Gasteiger partial charge in [0, 0.05) is 11.1 Å². The largest absolute Gasteiger partial charge is 0.497 e. The first-order chi connectivity index (χ1) is 28.3. The zero-order chi connectivity index (χ0) is 40.2. The van der Waals surface area contributed by atoms with Crippen LogP contribution in [-0.2, 0) is 15.1 Å². The van der Waals surface area contributed by atoms with Crippen molar-refractivity contribution in [3.8, 4) is 11.5 Å². The third-order valence-corrected chi connectivity index (χ3v) is 10.2. The summed E-state index contributed by atoms with van der Waals surface area (Å²) in [5, 5.41) is 23.1. The molecule has 13 nitrogen and oxygen atoms in total. The highest BCUT2D eigenvalue weighted by Gasteiger charge is 2.47. The summed E-state index contributed by atoms with van der Waals surface area (Å²) in [7, 11) is 3.20. The van der Waals surface area contributed by atoms with E-state index in [1.807, 2.05) is 78.9 Å². The Bertz CT molecular complexity index is 2400. The van der Waals surface area contributed by atoms with E-state index in [1.54, 1.807) is 74.9 Å². The zero-order valence-corrected chi connectivity index (χ0v) is 31.5. The molecule has 58 heavy (non-hydrogen) atoms. The van der Waals surface area contributed by atoms with Crippen LogP contribution in [0, 0.1) is 0 Å². The van der Waals surface area contributed by atoms with Gasteiger partial charge in [0.25, 0.3) is 11.8 Å². The summed E-state index contributed by atoms with van der Waals surface area (Å²) in [6.45, 7) is -0.167. The van der Waals surface area contributed by atoms with Crippen molar-refractivity contribution >= 4 is 28.8 Å². The van der Waals surface area contributed by atoms with Crippen molar-refractivity contribution in [1.29, 1.82) is 0 Å². The molecule has 13 heteroatoms. The summed E-state index contributed by atoms with van der Waals surface area (Å²) in [6, 6.07) is 41.5. The Morgan fingerprint density at radius 2 is 1.17 bits per heavy atom. The maximum atomic E-state index is 14.0. The first-order valence-electron chi connectivity index (χ1n) is 18.5. The van der Waals surface area contributed by atoms with Crippen LogP contribution >= 0.6 is 0 Å². The maximum absolute atomic E-state index is 14.0. The molecular formula is C45H39N5O8. The molecule has 1 aliphatic rings. The SMILES string of the molecule is COc1ccc(C(OC[C@H]2O[C@@H](n3cnc4c(N(C(=O)c5ccccc5)C(=O)c5ccccc5)ncnc43)[C@H](O)[C@@H]2O)(c2ccccc2)c2ccc(OC)cc2)cc1. The summed E-state index contributed by atoms with van der Waals surface area (Å²) in [6.07, 6.45) is -2.50. The number of aromatic nitrogens is 4. The Hall–Kier alpha value is -6.77. The Morgan fingerprint density at radius 3 is 1.69 bits per heavy atom. The molecule has 1 fully saturated rings. The Kier molecular flexibility index (Phi) is 10.8. The van der Waals surface area contributed by atoms with Crippen LogP contribution in [0.3, 0.4) is 0 Å². The normalized spacial score (nSPS) is 17.9. The molecule has 4 atom stereocenters. The molecular weight excluding hydrogens is 739 g/mol. The summed E-state index contributed by atoms with van der Waals surface area (Å²) < 4.78 is 25.7. The van der Waals surface area contributed by atoms with Gasteiger partial charge in [-0.3, -0.25) is 14.2 Å². The highest BCUT2D eigenvalue weighted by atomic mass is 16.6. The molecule has 0 aliphatic carbocycles. The van der Waals surface area contributed by atoms with Crippen molar-refractivity contribution in [1.82, 2.24) is 19.5 Å². The average molecular weight is 778 g/mol. The van der Waals surface area contributed by atoms with Gasteiger partial charge in [-0.15, -0.1) is 0 Å². The lowest BCUT2D eigenvalue weighted by molar-refractivity contribution is -0.0942. The van der Waals surface area contributed by atoms with Crippen molar-refractivity contribution in [3.05, 3.63) is 180 Å². The molecule has 292 valence electrons. The highest BCUT2D eigenvalue weighted by Crippen LogP contribution is 2.43. The molecule has 0 unspecified atom stereocenters. The minimum absolute atomic E-state index is 0.0639. The fourth-order valence-corrected chi connectivity index (χ4v) is 7.27. The number of carbonyl (C=O) groups is 2. The van der Waals surface area contributed by atoms with E-state index in [0.717, 1.165) is 21.6 Å². The van der Waals surface area contributed by atoms with Gasteiger partial charge in [0.1, 0.15) is 41.7 Å². The molecule has 1 saturated heterocycles. The molecule has 7 aromatic rings. The molecule has 0 bridgehead atoms. The quantitative estimate of drug-likeness (QED) is 0.111. The van der Waals surface area contributed by atoms with E-state index in [1.165, 1.54) is 17.2 Å². The minimum atomic E-state index is -1.45. The van der Waals surface area contributed by atoms with E-state index in [2.05, 4.69) is 15.0 Å². The Balaban J connectivity index is 1.14. The van der Waals surface area contributed by atoms with Crippen LogP contribution in [0.15, 0.2) is 152 Å². The third-order valence-electron chi connectivity index (χ3n) is 10.2. The van der Waals surface area contributed by atoms with Crippen LogP contribution in [0.25, 0.3) is 11.2 Å². The van der Waals surface area contributed by atoms with Crippen LogP contribution in [0.4, 0.5) is 5.82 Å². The molecule has 1 aliphatic heterocycles. The number of benzene rings is 5. The number of hydrogen-bond acceptors (Lipinski definition) is 11. The summed E-state index contributed by atoms with van der Waals surface area (Å²) >= 11 is 0. The van der Waals surface area contributed by atoms with Gasteiger partial charge in [0.05, 0.1) is 27.2 Å². The number of ether oxygens (including phenoxy) is 4. The van der Waals surface area contributed by atoms with Crippen LogP contribution in [0.2, 0.25) is 0 Å². The fourth-order valence-electron chi connectivity index (χ4n) is 7.27. The lowest BCUT2D eigenvalue weighted by Crippen LogP contribution is -2.39. The van der Waals surface area contributed by atoms with Gasteiger partial charge in [0.15, 0.2) is 23.2 Å². The second kappa shape index (κ2) is 16.4. The van der Waals surface area contributed by atoms with Crippen molar-refractivity contribution < 1.29 is 38.7 Å². The average Bonchev–Trinajstić information content (AvgIpc) is 3.84. The molecule has 3 heterocycles. The topological polar surface area (TPSA) is 158 Å². The molecule has 2 aromatic heterocycles. The fraction of sp³-hybridized carbons (Fsp3) is 0.178. The molecule has 2 amide bonds. The van der Waals surface area contributed by atoms with Gasteiger partial charge in [-0.05, 0) is 65.2 Å². The number of carbonyl (C=O) groups excluding carboxylic acids is 2. The van der Waals surface area contributed by atoms with Crippen molar-refractivity contribution in [2.45, 2.75) is 30.1 Å². The van der Waals surface area contributed by atoms with Gasteiger partial charge in [0.2, 0.25) is 0 Å². The van der Waals surface area contributed by atoms with Gasteiger partial charge in [-0.2, -0.15) is 0 Å². The number of imide groups is 1. The third kappa shape index (κ3) is 6.96. The summed E-state index contributed by atoms with van der Waals surface area (Å²) in [5.41, 5.74) is 1.92.